The van der Waals surface area contributed by atoms with Crippen molar-refractivity contribution in [1.29, 1.82) is 0 Å². The summed E-state index contributed by atoms with van der Waals surface area (Å²) in [6.45, 7) is 6.73. The molecular weight excluding hydrogens is 389 g/mol. The van der Waals surface area contributed by atoms with Crippen molar-refractivity contribution in [3.05, 3.63) is 24.2 Å². The van der Waals surface area contributed by atoms with E-state index in [9.17, 15) is 4.79 Å². The minimum absolute atomic E-state index is 0. The van der Waals surface area contributed by atoms with Crippen LogP contribution in [0.2, 0.25) is 0 Å². The van der Waals surface area contributed by atoms with Gasteiger partial charge < -0.3 is 19.9 Å². The van der Waals surface area contributed by atoms with Crippen molar-refractivity contribution in [2.45, 2.75) is 50.8 Å². The van der Waals surface area contributed by atoms with Crippen LogP contribution in [0.25, 0.3) is 11.2 Å². The lowest BCUT2D eigenvalue weighted by Gasteiger charge is -2.32. The number of hydrogen-bond acceptors (Lipinski definition) is 5. The maximum atomic E-state index is 12.6. The number of piperidine rings is 1. The number of fused-ring (bicyclic) bond motifs is 1. The number of halogens is 2. The quantitative estimate of drug-likeness (QED) is 0.804. The van der Waals surface area contributed by atoms with E-state index in [1.54, 1.807) is 12.5 Å². The Bertz CT molecular complexity index is 789. The van der Waals surface area contributed by atoms with Gasteiger partial charge in [0, 0.05) is 12.2 Å². The molecule has 1 unspecified atom stereocenters. The highest BCUT2D eigenvalue weighted by Crippen LogP contribution is 2.34. The van der Waals surface area contributed by atoms with Crippen LogP contribution >= 0.6 is 24.8 Å². The van der Waals surface area contributed by atoms with Crippen LogP contribution in [0, 0.1) is 0 Å². The number of aromatic nitrogens is 3. The fourth-order valence-electron chi connectivity index (χ4n) is 3.86. The summed E-state index contributed by atoms with van der Waals surface area (Å²) >= 11 is 0. The molecule has 2 aromatic heterocycles. The van der Waals surface area contributed by atoms with Crippen LogP contribution in [-0.4, -0.2) is 51.8 Å². The van der Waals surface area contributed by atoms with E-state index < -0.39 is 0 Å². The molecule has 2 N–H and O–H groups in total. The number of imidazole rings is 1. The molecule has 7 nitrogen and oxygen atoms in total. The molecule has 4 heterocycles. The fourth-order valence-corrected chi connectivity index (χ4v) is 3.86. The van der Waals surface area contributed by atoms with Crippen LogP contribution in [0.15, 0.2) is 18.6 Å². The lowest BCUT2D eigenvalue weighted by Crippen LogP contribution is -2.43. The van der Waals surface area contributed by atoms with Crippen LogP contribution in [-0.2, 0) is 4.74 Å². The number of nitrogens with one attached hydrogen (secondary N) is 2. The van der Waals surface area contributed by atoms with Gasteiger partial charge in [-0.3, -0.25) is 4.79 Å². The maximum absolute atomic E-state index is 12.6. The summed E-state index contributed by atoms with van der Waals surface area (Å²) in [5.41, 5.74) is 2.05. The normalized spacial score (nSPS) is 21.1. The van der Waals surface area contributed by atoms with Crippen molar-refractivity contribution >= 4 is 41.9 Å². The molecule has 2 saturated heterocycles. The lowest BCUT2D eigenvalue weighted by atomic mass is 9.88. The number of amides is 1. The van der Waals surface area contributed by atoms with E-state index in [-0.39, 0.29) is 48.4 Å². The maximum Gasteiger partial charge on any atom is 0.253 e. The number of pyridine rings is 1. The van der Waals surface area contributed by atoms with Crippen molar-refractivity contribution in [2.24, 2.45) is 0 Å². The highest BCUT2D eigenvalue weighted by atomic mass is 35.5. The first kappa shape index (κ1) is 21.9. The Morgan fingerprint density at radius 1 is 1.33 bits per heavy atom. The molecule has 2 aromatic rings. The Labute approximate surface area is 171 Å². The number of carbonyl (C=O) groups excluding carboxylic acids is 1. The van der Waals surface area contributed by atoms with Gasteiger partial charge in [0.1, 0.15) is 5.52 Å². The van der Waals surface area contributed by atoms with Crippen molar-refractivity contribution in [3.8, 4) is 0 Å². The molecule has 0 aromatic carbocycles. The van der Waals surface area contributed by atoms with Gasteiger partial charge in [-0.15, -0.1) is 24.8 Å². The van der Waals surface area contributed by atoms with Crippen LogP contribution < -0.4 is 10.6 Å². The average molecular weight is 416 g/mol. The van der Waals surface area contributed by atoms with E-state index in [0.29, 0.717) is 12.2 Å². The molecule has 2 aliphatic rings. The summed E-state index contributed by atoms with van der Waals surface area (Å²) < 4.78 is 8.05. The molecule has 1 atom stereocenters. The van der Waals surface area contributed by atoms with Crippen LogP contribution in [0.3, 0.4) is 0 Å². The molecule has 0 radical (unpaired) electrons. The Hall–Kier alpha value is -1.41. The van der Waals surface area contributed by atoms with Crippen molar-refractivity contribution < 1.29 is 9.53 Å². The van der Waals surface area contributed by atoms with Gasteiger partial charge in [-0.2, -0.15) is 0 Å². The summed E-state index contributed by atoms with van der Waals surface area (Å²) in [6, 6.07) is 2.16. The third-order valence-electron chi connectivity index (χ3n) is 5.29. The molecule has 1 amide bonds. The molecule has 150 valence electrons. The number of carbonyl (C=O) groups is 1. The highest BCUT2D eigenvalue weighted by molar-refractivity contribution is 5.96. The molecule has 0 aliphatic carbocycles. The third-order valence-corrected chi connectivity index (χ3v) is 5.29. The SMILES string of the molecule is CC(C)n1cnc2cc(C(=O)NC3COC4(CCNCC4)C3)cnc21.Cl.Cl. The van der Waals surface area contributed by atoms with Crippen molar-refractivity contribution in [1.82, 2.24) is 25.2 Å². The first-order valence-corrected chi connectivity index (χ1v) is 9.04. The van der Waals surface area contributed by atoms with Gasteiger partial charge in [-0.05, 0) is 52.3 Å². The molecule has 2 aliphatic heterocycles. The second-order valence-electron chi connectivity index (χ2n) is 7.43. The zero-order valence-electron chi connectivity index (χ0n) is 15.6. The fraction of sp³-hybridized carbons (Fsp3) is 0.611. The van der Waals surface area contributed by atoms with Gasteiger partial charge in [0.25, 0.3) is 5.91 Å². The second-order valence-corrected chi connectivity index (χ2v) is 7.43. The van der Waals surface area contributed by atoms with Crippen LogP contribution in [0.4, 0.5) is 0 Å². The van der Waals surface area contributed by atoms with E-state index in [4.69, 9.17) is 4.74 Å². The molecule has 0 bridgehead atoms. The summed E-state index contributed by atoms with van der Waals surface area (Å²) in [5.74, 6) is -0.104. The standard InChI is InChI=1S/C18H25N5O2.2ClH/c1-12(2)23-11-21-15-7-13(9-20-16(15)23)17(24)22-14-8-18(25-10-14)3-5-19-6-4-18;;/h7,9,11-12,14,19H,3-6,8,10H2,1-2H3,(H,22,24);2*1H. The second kappa shape index (κ2) is 8.73. The number of ether oxygens (including phenoxy) is 1. The number of hydrogen-bond donors (Lipinski definition) is 2. The largest absolute Gasteiger partial charge is 0.373 e. The van der Waals surface area contributed by atoms with Gasteiger partial charge in [0.05, 0.1) is 30.1 Å². The van der Waals surface area contributed by atoms with Crippen molar-refractivity contribution in [2.75, 3.05) is 19.7 Å². The summed E-state index contributed by atoms with van der Waals surface area (Å²) in [5, 5.41) is 6.46. The molecule has 2 fully saturated rings. The molecule has 9 heteroatoms. The highest BCUT2D eigenvalue weighted by Gasteiger charge is 2.41. The lowest BCUT2D eigenvalue weighted by molar-refractivity contribution is -0.0194. The Kier molecular flexibility index (Phi) is 7.08. The van der Waals surface area contributed by atoms with Gasteiger partial charge in [0.15, 0.2) is 5.65 Å². The van der Waals surface area contributed by atoms with E-state index >= 15 is 0 Å². The van der Waals surface area contributed by atoms with Gasteiger partial charge >= 0.3 is 0 Å². The average Bonchev–Trinajstić information content (AvgIpc) is 3.19. The van der Waals surface area contributed by atoms with E-state index in [0.717, 1.165) is 43.5 Å². The topological polar surface area (TPSA) is 81.1 Å². The first-order chi connectivity index (χ1) is 12.1. The smallest absolute Gasteiger partial charge is 0.253 e. The Balaban J connectivity index is 0.00000131. The molecular formula is C18H27Cl2N5O2. The number of rotatable bonds is 3. The van der Waals surface area contributed by atoms with Crippen LogP contribution in [0.5, 0.6) is 0 Å². The number of nitrogens with zero attached hydrogens (tertiary/aromatic N) is 3. The summed E-state index contributed by atoms with van der Waals surface area (Å²) in [6.07, 6.45) is 6.32. The first-order valence-electron chi connectivity index (χ1n) is 9.04. The minimum Gasteiger partial charge on any atom is -0.373 e. The monoisotopic (exact) mass is 415 g/mol. The van der Waals surface area contributed by atoms with Crippen LogP contribution in [0.1, 0.15) is 49.5 Å². The van der Waals surface area contributed by atoms with Gasteiger partial charge in [-0.1, -0.05) is 0 Å². The van der Waals surface area contributed by atoms with E-state index in [1.807, 2.05) is 10.6 Å². The predicted molar refractivity (Wildman–Crippen MR) is 109 cm³/mol. The molecule has 4 rings (SSSR count). The molecule has 1 spiro atoms. The molecule has 0 saturated carbocycles. The van der Waals surface area contributed by atoms with Gasteiger partial charge in [0.2, 0.25) is 0 Å². The summed E-state index contributed by atoms with van der Waals surface area (Å²) in [4.78, 5) is 21.4. The zero-order chi connectivity index (χ0) is 17.4. The van der Waals surface area contributed by atoms with E-state index in [1.165, 1.54) is 0 Å². The third kappa shape index (κ3) is 4.37. The predicted octanol–water partition coefficient (Wildman–Crippen LogP) is 2.50. The Morgan fingerprint density at radius 2 is 2.07 bits per heavy atom. The van der Waals surface area contributed by atoms with Crippen molar-refractivity contribution in [3.63, 3.8) is 0 Å². The minimum atomic E-state index is -0.104. The Morgan fingerprint density at radius 3 is 2.78 bits per heavy atom. The summed E-state index contributed by atoms with van der Waals surface area (Å²) in [7, 11) is 0. The van der Waals surface area contributed by atoms with E-state index in [2.05, 4.69) is 34.4 Å². The van der Waals surface area contributed by atoms with Gasteiger partial charge in [-0.25, -0.2) is 9.97 Å². The zero-order valence-corrected chi connectivity index (χ0v) is 17.2. The molecule has 27 heavy (non-hydrogen) atoms.